The average molecular weight is 560 g/mol. The number of aryl methyl sites for hydroxylation is 1. The van der Waals surface area contributed by atoms with Crippen LogP contribution in [0.1, 0.15) is 36.2 Å². The molecule has 0 aliphatic carbocycles. The predicted molar refractivity (Wildman–Crippen MR) is 138 cm³/mol. The first-order chi connectivity index (χ1) is 18.0. The quantitative estimate of drug-likeness (QED) is 0.266. The van der Waals surface area contributed by atoms with Gasteiger partial charge in [0.2, 0.25) is 0 Å². The molecule has 4 aromatic rings. The molecule has 0 bridgehead atoms. The minimum absolute atomic E-state index is 0.0474. The van der Waals surface area contributed by atoms with E-state index in [-0.39, 0.29) is 28.2 Å². The van der Waals surface area contributed by atoms with Crippen molar-refractivity contribution in [3.05, 3.63) is 98.1 Å². The Morgan fingerprint density at radius 3 is 2.50 bits per heavy atom. The molecule has 0 saturated heterocycles. The molecule has 1 N–H and O–H groups in total. The average Bonchev–Trinajstić information content (AvgIpc) is 3.16. The van der Waals surface area contributed by atoms with Crippen LogP contribution in [-0.4, -0.2) is 23.3 Å². The zero-order valence-electron chi connectivity index (χ0n) is 19.7. The molecule has 2 heterocycles. The smallest absolute Gasteiger partial charge is 0.322 e. The van der Waals surface area contributed by atoms with Crippen molar-refractivity contribution in [1.82, 2.24) is 4.98 Å². The molecule has 2 amide bonds. The molecule has 0 spiro atoms. The Labute approximate surface area is 223 Å². The second kappa shape index (κ2) is 9.85. The molecule has 1 aliphatic heterocycles. The minimum atomic E-state index is -4.74. The van der Waals surface area contributed by atoms with Crippen LogP contribution in [0.3, 0.4) is 0 Å². The number of aromatic nitrogens is 1. The van der Waals surface area contributed by atoms with E-state index in [0.717, 1.165) is 27.2 Å². The maximum atomic E-state index is 14.2. The number of alkyl halides is 3. The van der Waals surface area contributed by atoms with E-state index in [1.165, 1.54) is 18.2 Å². The van der Waals surface area contributed by atoms with Crippen molar-refractivity contribution < 1.29 is 27.2 Å². The number of hydrogen-bond donors (Lipinski definition) is 1. The molecule has 1 aliphatic rings. The van der Waals surface area contributed by atoms with Crippen LogP contribution in [0.15, 0.2) is 60.7 Å². The first-order valence-corrected chi connectivity index (χ1v) is 12.6. The standard InChI is InChI=1S/C27H18ClF4N3O2S/c1-14-33-24-19-4-2-3-5-22(19)35(11-10-23(24)38-14)26(37)17-9-7-16(13-20(17)28)34-25(36)18-8-6-15(12-21(18)29)27(30,31)32/h2-9,12-13H,10-11H2,1H3,(H,34,36). The Balaban J connectivity index is 1.38. The van der Waals surface area contributed by atoms with Crippen molar-refractivity contribution >= 4 is 46.1 Å². The molecule has 194 valence electrons. The fourth-order valence-corrected chi connectivity index (χ4v) is 5.49. The number of halogens is 5. The van der Waals surface area contributed by atoms with E-state index in [4.69, 9.17) is 11.6 Å². The Bertz CT molecular complexity index is 1590. The second-order valence-electron chi connectivity index (χ2n) is 8.57. The van der Waals surface area contributed by atoms with Crippen LogP contribution in [0, 0.1) is 12.7 Å². The highest BCUT2D eigenvalue weighted by Gasteiger charge is 2.32. The van der Waals surface area contributed by atoms with Gasteiger partial charge >= 0.3 is 6.18 Å². The van der Waals surface area contributed by atoms with Gasteiger partial charge in [-0.1, -0.05) is 29.8 Å². The van der Waals surface area contributed by atoms with Crippen LogP contribution in [-0.2, 0) is 12.6 Å². The van der Waals surface area contributed by atoms with Gasteiger partial charge in [0.15, 0.2) is 0 Å². The van der Waals surface area contributed by atoms with Crippen LogP contribution in [0.2, 0.25) is 5.02 Å². The van der Waals surface area contributed by atoms with Crippen molar-refractivity contribution in [2.75, 3.05) is 16.8 Å². The van der Waals surface area contributed by atoms with E-state index in [0.29, 0.717) is 24.7 Å². The summed E-state index contributed by atoms with van der Waals surface area (Å²) in [4.78, 5) is 33.5. The van der Waals surface area contributed by atoms with Gasteiger partial charge in [-0.15, -0.1) is 11.3 Å². The fourth-order valence-electron chi connectivity index (χ4n) is 4.29. The summed E-state index contributed by atoms with van der Waals surface area (Å²) in [6, 6.07) is 13.3. The molecule has 1 aromatic heterocycles. The number of nitrogens with zero attached hydrogens (tertiary/aromatic N) is 2. The van der Waals surface area contributed by atoms with E-state index < -0.39 is 29.0 Å². The summed E-state index contributed by atoms with van der Waals surface area (Å²) in [5.41, 5.74) is 0.978. The van der Waals surface area contributed by atoms with Gasteiger partial charge < -0.3 is 10.2 Å². The lowest BCUT2D eigenvalue weighted by Gasteiger charge is -2.23. The van der Waals surface area contributed by atoms with Gasteiger partial charge in [0.05, 0.1) is 38.1 Å². The van der Waals surface area contributed by atoms with E-state index >= 15 is 0 Å². The summed E-state index contributed by atoms with van der Waals surface area (Å²) in [6.45, 7) is 2.35. The molecule has 0 fully saturated rings. The van der Waals surface area contributed by atoms with Gasteiger partial charge in [0.25, 0.3) is 11.8 Å². The van der Waals surface area contributed by atoms with Gasteiger partial charge in [0.1, 0.15) is 5.82 Å². The third-order valence-electron chi connectivity index (χ3n) is 6.06. The summed E-state index contributed by atoms with van der Waals surface area (Å²) in [5.74, 6) is -2.61. The van der Waals surface area contributed by atoms with Crippen LogP contribution in [0.25, 0.3) is 11.3 Å². The molecule has 0 atom stereocenters. The number of nitrogens with one attached hydrogen (secondary N) is 1. The highest BCUT2D eigenvalue weighted by atomic mass is 35.5. The maximum absolute atomic E-state index is 14.2. The molecule has 0 radical (unpaired) electrons. The summed E-state index contributed by atoms with van der Waals surface area (Å²) < 4.78 is 52.6. The molecule has 5 nitrogen and oxygen atoms in total. The number of anilines is 2. The largest absolute Gasteiger partial charge is 0.416 e. The SMILES string of the molecule is Cc1nc2c(s1)CCN(C(=O)c1ccc(NC(=O)c3ccc(C(F)(F)F)cc3F)cc1Cl)c1ccccc1-2. The van der Waals surface area contributed by atoms with Crippen molar-refractivity contribution in [3.8, 4) is 11.3 Å². The lowest BCUT2D eigenvalue weighted by Crippen LogP contribution is -2.32. The second-order valence-corrected chi connectivity index (χ2v) is 10.3. The first kappa shape index (κ1) is 25.9. The van der Waals surface area contributed by atoms with Gasteiger partial charge in [0, 0.05) is 29.1 Å². The number of amides is 2. The topological polar surface area (TPSA) is 62.3 Å². The van der Waals surface area contributed by atoms with Gasteiger partial charge in [-0.25, -0.2) is 9.37 Å². The first-order valence-electron chi connectivity index (χ1n) is 11.4. The van der Waals surface area contributed by atoms with Crippen molar-refractivity contribution in [3.63, 3.8) is 0 Å². The number of thiazole rings is 1. The van der Waals surface area contributed by atoms with E-state index in [1.807, 2.05) is 31.2 Å². The third kappa shape index (κ3) is 4.89. The van der Waals surface area contributed by atoms with Crippen molar-refractivity contribution in [1.29, 1.82) is 0 Å². The van der Waals surface area contributed by atoms with Crippen molar-refractivity contribution in [2.45, 2.75) is 19.5 Å². The lowest BCUT2D eigenvalue weighted by atomic mass is 10.1. The van der Waals surface area contributed by atoms with Gasteiger partial charge in [-0.3, -0.25) is 9.59 Å². The zero-order valence-corrected chi connectivity index (χ0v) is 21.3. The Morgan fingerprint density at radius 2 is 1.79 bits per heavy atom. The van der Waals surface area contributed by atoms with E-state index in [9.17, 15) is 27.2 Å². The molecule has 0 saturated carbocycles. The van der Waals surface area contributed by atoms with Crippen molar-refractivity contribution in [2.24, 2.45) is 0 Å². The van der Waals surface area contributed by atoms with Crippen LogP contribution in [0.5, 0.6) is 0 Å². The van der Waals surface area contributed by atoms with E-state index in [2.05, 4.69) is 10.3 Å². The Hall–Kier alpha value is -3.76. The van der Waals surface area contributed by atoms with E-state index in [1.54, 1.807) is 16.2 Å². The zero-order chi connectivity index (χ0) is 27.2. The number of carbonyl (C=O) groups excluding carboxylic acids is 2. The molecular formula is C27H18ClF4N3O2S. The molecular weight excluding hydrogens is 542 g/mol. The number of carbonyl (C=O) groups is 2. The number of para-hydroxylation sites is 1. The summed E-state index contributed by atoms with van der Waals surface area (Å²) in [7, 11) is 0. The number of rotatable bonds is 3. The highest BCUT2D eigenvalue weighted by Crippen LogP contribution is 2.39. The third-order valence-corrected chi connectivity index (χ3v) is 7.40. The summed E-state index contributed by atoms with van der Waals surface area (Å²) in [6.07, 6.45) is -4.12. The summed E-state index contributed by atoms with van der Waals surface area (Å²) in [5, 5.41) is 3.40. The number of benzene rings is 3. The number of hydrogen-bond acceptors (Lipinski definition) is 4. The monoisotopic (exact) mass is 559 g/mol. The highest BCUT2D eigenvalue weighted by molar-refractivity contribution is 7.12. The maximum Gasteiger partial charge on any atom is 0.416 e. The predicted octanol–water partition coefficient (Wildman–Crippen LogP) is 7.39. The molecule has 0 unspecified atom stereocenters. The fraction of sp³-hybridized carbons (Fsp3) is 0.148. The van der Waals surface area contributed by atoms with Crippen LogP contribution < -0.4 is 10.2 Å². The van der Waals surface area contributed by atoms with Gasteiger partial charge in [-0.05, 0) is 49.4 Å². The summed E-state index contributed by atoms with van der Waals surface area (Å²) >= 11 is 8.01. The molecule has 5 rings (SSSR count). The minimum Gasteiger partial charge on any atom is -0.322 e. The molecule has 38 heavy (non-hydrogen) atoms. The number of fused-ring (bicyclic) bond motifs is 3. The van der Waals surface area contributed by atoms with Crippen LogP contribution >= 0.6 is 22.9 Å². The molecule has 11 heteroatoms. The Morgan fingerprint density at radius 1 is 1.05 bits per heavy atom. The van der Waals surface area contributed by atoms with Gasteiger partial charge in [-0.2, -0.15) is 13.2 Å². The Kier molecular flexibility index (Phi) is 6.70. The normalized spacial score (nSPS) is 12.9. The lowest BCUT2D eigenvalue weighted by molar-refractivity contribution is -0.137. The van der Waals surface area contributed by atoms with Crippen LogP contribution in [0.4, 0.5) is 28.9 Å². The molecule has 3 aromatic carbocycles.